The van der Waals surface area contributed by atoms with E-state index >= 15 is 0 Å². The number of likely N-dealkylation sites (tertiary alicyclic amines) is 1. The molecular weight excluding hydrogens is 270 g/mol. The van der Waals surface area contributed by atoms with E-state index < -0.39 is 4.92 Å². The maximum Gasteiger partial charge on any atom is 0.292 e. The van der Waals surface area contributed by atoms with Crippen molar-refractivity contribution in [1.82, 2.24) is 4.90 Å². The van der Waals surface area contributed by atoms with E-state index in [1.165, 1.54) is 6.07 Å². The highest BCUT2D eigenvalue weighted by atomic mass is 16.6. The third kappa shape index (κ3) is 3.78. The Hall–Kier alpha value is -1.95. The molecule has 1 fully saturated rings. The Labute approximate surface area is 124 Å². The van der Waals surface area contributed by atoms with Crippen LogP contribution in [0.1, 0.15) is 26.7 Å². The summed E-state index contributed by atoms with van der Waals surface area (Å²) in [6.07, 6.45) is 2.17. The zero-order chi connectivity index (χ0) is 15.4. The van der Waals surface area contributed by atoms with Crippen LogP contribution in [0.25, 0.3) is 0 Å². The van der Waals surface area contributed by atoms with Crippen molar-refractivity contribution in [3.63, 3.8) is 0 Å². The molecule has 1 saturated heterocycles. The highest BCUT2D eigenvalue weighted by Gasteiger charge is 2.26. The monoisotopic (exact) mass is 291 g/mol. The number of hydrogen-bond donors (Lipinski definition) is 1. The fraction of sp³-hybridized carbons (Fsp3) is 0.533. The number of nitro groups is 1. The second kappa shape index (κ2) is 6.67. The van der Waals surface area contributed by atoms with Crippen LogP contribution in [0.2, 0.25) is 0 Å². The van der Waals surface area contributed by atoms with Crippen molar-refractivity contribution in [3.8, 4) is 0 Å². The standard InChI is InChI=1S/C15H21N3O3/c1-11-7-9-17(10-8-11)12(2)15(19)16-13-5-3-4-6-14(13)18(20)21/h3-6,11-12H,7-10H2,1-2H3,(H,16,19)/t12-/m1/s1. The number of amides is 1. The first-order valence-electron chi connectivity index (χ1n) is 7.27. The SMILES string of the molecule is CC1CCN([C@H](C)C(=O)Nc2ccccc2[N+](=O)[O-])CC1. The van der Waals surface area contributed by atoms with Crippen LogP contribution in [-0.4, -0.2) is 34.9 Å². The van der Waals surface area contributed by atoms with Crippen molar-refractivity contribution in [2.45, 2.75) is 32.7 Å². The molecule has 1 aliphatic rings. The summed E-state index contributed by atoms with van der Waals surface area (Å²) in [5, 5.41) is 13.6. The highest BCUT2D eigenvalue weighted by molar-refractivity contribution is 5.96. The number of nitro benzene ring substituents is 1. The smallest absolute Gasteiger partial charge is 0.292 e. The molecular formula is C15H21N3O3. The van der Waals surface area contributed by atoms with Gasteiger partial charge in [0.2, 0.25) is 5.91 Å². The molecule has 1 aromatic rings. The van der Waals surface area contributed by atoms with Crippen molar-refractivity contribution in [1.29, 1.82) is 0 Å². The van der Waals surface area contributed by atoms with Crippen LogP contribution in [0.3, 0.4) is 0 Å². The van der Waals surface area contributed by atoms with Gasteiger partial charge in [-0.15, -0.1) is 0 Å². The van der Waals surface area contributed by atoms with E-state index in [-0.39, 0.29) is 23.3 Å². The Bertz CT molecular complexity index is 525. The van der Waals surface area contributed by atoms with Gasteiger partial charge in [0.05, 0.1) is 11.0 Å². The lowest BCUT2D eigenvalue weighted by molar-refractivity contribution is -0.383. The average molecular weight is 291 g/mol. The van der Waals surface area contributed by atoms with E-state index in [0.29, 0.717) is 5.92 Å². The molecule has 21 heavy (non-hydrogen) atoms. The van der Waals surface area contributed by atoms with E-state index in [4.69, 9.17) is 0 Å². The number of piperidine rings is 1. The van der Waals surface area contributed by atoms with E-state index in [1.807, 2.05) is 6.92 Å². The third-order valence-electron chi connectivity index (χ3n) is 4.10. The molecule has 2 rings (SSSR count). The molecule has 0 bridgehead atoms. The number of nitrogens with zero attached hydrogens (tertiary/aromatic N) is 2. The summed E-state index contributed by atoms with van der Waals surface area (Å²) >= 11 is 0. The molecule has 0 aromatic heterocycles. The molecule has 0 saturated carbocycles. The molecule has 1 amide bonds. The van der Waals surface area contributed by atoms with E-state index in [9.17, 15) is 14.9 Å². The van der Waals surface area contributed by atoms with Crippen molar-refractivity contribution >= 4 is 17.3 Å². The number of hydrogen-bond acceptors (Lipinski definition) is 4. The minimum atomic E-state index is -0.483. The minimum Gasteiger partial charge on any atom is -0.319 e. The largest absolute Gasteiger partial charge is 0.319 e. The maximum atomic E-state index is 12.3. The third-order valence-corrected chi connectivity index (χ3v) is 4.10. The first-order valence-corrected chi connectivity index (χ1v) is 7.27. The fourth-order valence-electron chi connectivity index (χ4n) is 2.56. The average Bonchev–Trinajstić information content (AvgIpc) is 2.47. The zero-order valence-electron chi connectivity index (χ0n) is 12.4. The Kier molecular flexibility index (Phi) is 4.90. The van der Waals surface area contributed by atoms with Gasteiger partial charge in [-0.25, -0.2) is 0 Å². The van der Waals surface area contributed by atoms with Crippen molar-refractivity contribution in [3.05, 3.63) is 34.4 Å². The van der Waals surface area contributed by atoms with Crippen molar-refractivity contribution < 1.29 is 9.72 Å². The lowest BCUT2D eigenvalue weighted by Gasteiger charge is -2.34. The molecule has 6 heteroatoms. The van der Waals surface area contributed by atoms with Gasteiger partial charge in [-0.05, 0) is 44.8 Å². The second-order valence-corrected chi connectivity index (χ2v) is 5.66. The molecule has 0 aliphatic carbocycles. The van der Waals surface area contributed by atoms with E-state index in [0.717, 1.165) is 25.9 Å². The molecule has 0 radical (unpaired) electrons. The van der Waals surface area contributed by atoms with Crippen LogP contribution in [0.15, 0.2) is 24.3 Å². The van der Waals surface area contributed by atoms with E-state index in [1.54, 1.807) is 18.2 Å². The van der Waals surface area contributed by atoms with Crippen molar-refractivity contribution in [2.24, 2.45) is 5.92 Å². The van der Waals surface area contributed by atoms with Crippen molar-refractivity contribution in [2.75, 3.05) is 18.4 Å². The second-order valence-electron chi connectivity index (χ2n) is 5.66. The van der Waals surface area contributed by atoms with Gasteiger partial charge in [0.15, 0.2) is 0 Å². The summed E-state index contributed by atoms with van der Waals surface area (Å²) in [6.45, 7) is 5.86. The maximum absolute atomic E-state index is 12.3. The van der Waals surface area contributed by atoms with Crippen LogP contribution in [0.4, 0.5) is 11.4 Å². The predicted octanol–water partition coefficient (Wildman–Crippen LogP) is 2.65. The van der Waals surface area contributed by atoms with E-state index in [2.05, 4.69) is 17.1 Å². The number of nitrogens with one attached hydrogen (secondary N) is 1. The summed E-state index contributed by atoms with van der Waals surface area (Å²) in [7, 11) is 0. The first-order chi connectivity index (χ1) is 9.99. The molecule has 1 N–H and O–H groups in total. The minimum absolute atomic E-state index is 0.0784. The normalized spacial score (nSPS) is 18.2. The van der Waals surface area contributed by atoms with Crippen LogP contribution < -0.4 is 5.32 Å². The first kappa shape index (κ1) is 15.4. The molecule has 0 unspecified atom stereocenters. The summed E-state index contributed by atoms with van der Waals surface area (Å²) in [5.74, 6) is 0.505. The van der Waals surface area contributed by atoms with Crippen LogP contribution >= 0.6 is 0 Å². The van der Waals surface area contributed by atoms with Gasteiger partial charge in [-0.2, -0.15) is 0 Å². The Balaban J connectivity index is 2.03. The Morgan fingerprint density at radius 1 is 1.38 bits per heavy atom. The lowest BCUT2D eigenvalue weighted by atomic mass is 9.98. The Morgan fingerprint density at radius 3 is 2.62 bits per heavy atom. The predicted molar refractivity (Wildman–Crippen MR) is 81.2 cm³/mol. The number of carbonyl (C=O) groups excluding carboxylic acids is 1. The van der Waals surface area contributed by atoms with Crippen LogP contribution in [0.5, 0.6) is 0 Å². The summed E-state index contributed by atoms with van der Waals surface area (Å²) in [6, 6.07) is 5.93. The molecule has 6 nitrogen and oxygen atoms in total. The lowest BCUT2D eigenvalue weighted by Crippen LogP contribution is -2.45. The van der Waals surface area contributed by atoms with Gasteiger partial charge in [0.25, 0.3) is 5.69 Å². The summed E-state index contributed by atoms with van der Waals surface area (Å²) < 4.78 is 0. The quantitative estimate of drug-likeness (QED) is 0.683. The van der Waals surface area contributed by atoms with Gasteiger partial charge >= 0.3 is 0 Å². The number of rotatable bonds is 4. The van der Waals surface area contributed by atoms with Crippen LogP contribution in [-0.2, 0) is 4.79 Å². The molecule has 1 aliphatic heterocycles. The molecule has 1 heterocycles. The molecule has 114 valence electrons. The van der Waals surface area contributed by atoms with Gasteiger partial charge in [-0.1, -0.05) is 19.1 Å². The fourth-order valence-corrected chi connectivity index (χ4v) is 2.56. The number of para-hydroxylation sites is 2. The summed E-state index contributed by atoms with van der Waals surface area (Å²) in [4.78, 5) is 24.9. The number of benzene rings is 1. The highest BCUT2D eigenvalue weighted by Crippen LogP contribution is 2.24. The van der Waals surface area contributed by atoms with Crippen LogP contribution in [0, 0.1) is 16.0 Å². The number of anilines is 1. The van der Waals surface area contributed by atoms with Gasteiger partial charge < -0.3 is 5.32 Å². The summed E-state index contributed by atoms with van der Waals surface area (Å²) in [5.41, 5.74) is 0.176. The topological polar surface area (TPSA) is 75.5 Å². The van der Waals surface area contributed by atoms with Gasteiger partial charge in [0, 0.05) is 6.07 Å². The zero-order valence-corrected chi connectivity index (χ0v) is 12.4. The molecule has 1 atom stereocenters. The van der Waals surface area contributed by atoms with Gasteiger partial charge in [-0.3, -0.25) is 19.8 Å². The Morgan fingerprint density at radius 2 is 2.00 bits per heavy atom. The molecule has 0 spiro atoms. The number of carbonyl (C=O) groups is 1. The van der Waals surface area contributed by atoms with Gasteiger partial charge in [0.1, 0.15) is 5.69 Å². The molecule has 1 aromatic carbocycles.